The average Bonchev–Trinajstić information content (AvgIpc) is 2.45. The molecule has 5 heteroatoms. The average molecular weight is 247 g/mol. The summed E-state index contributed by atoms with van der Waals surface area (Å²) in [5.41, 5.74) is 1.76. The van der Waals surface area contributed by atoms with Gasteiger partial charge in [-0.15, -0.1) is 0 Å². The van der Waals surface area contributed by atoms with Crippen LogP contribution < -0.4 is 5.32 Å². The number of carbonyl (C=O) groups excluding carboxylic acids is 2. The van der Waals surface area contributed by atoms with Gasteiger partial charge >= 0.3 is 0 Å². The van der Waals surface area contributed by atoms with Crippen molar-refractivity contribution in [3.05, 3.63) is 29.8 Å². The van der Waals surface area contributed by atoms with E-state index in [2.05, 4.69) is 5.32 Å². The minimum atomic E-state index is -0.146. The predicted octanol–water partition coefficient (Wildman–Crippen LogP) is 0.529. The molecule has 1 aliphatic rings. The topological polar surface area (TPSA) is 52.7 Å². The summed E-state index contributed by atoms with van der Waals surface area (Å²) < 4.78 is 0. The maximum absolute atomic E-state index is 12.0. The molecule has 0 atom stereocenters. The highest BCUT2D eigenvalue weighted by Gasteiger charge is 2.22. The van der Waals surface area contributed by atoms with E-state index in [1.54, 1.807) is 9.80 Å². The maximum atomic E-state index is 12.0. The number of fused-ring (bicyclic) bond motifs is 1. The zero-order valence-corrected chi connectivity index (χ0v) is 10.6. The highest BCUT2D eigenvalue weighted by Crippen LogP contribution is 2.20. The Kier molecular flexibility index (Phi) is 3.62. The molecular weight excluding hydrogens is 230 g/mol. The van der Waals surface area contributed by atoms with E-state index in [1.807, 2.05) is 38.4 Å². The second kappa shape index (κ2) is 5.18. The highest BCUT2D eigenvalue weighted by atomic mass is 16.2. The molecule has 1 heterocycles. The third kappa shape index (κ3) is 2.87. The summed E-state index contributed by atoms with van der Waals surface area (Å²) in [5.74, 6) is -0.182. The van der Waals surface area contributed by atoms with Crippen LogP contribution in [-0.4, -0.2) is 48.8 Å². The summed E-state index contributed by atoms with van der Waals surface area (Å²) in [6.07, 6.45) is 0. The molecular formula is C13H17N3O2. The molecule has 2 amide bonds. The largest absolute Gasteiger partial charge is 0.328 e. The van der Waals surface area contributed by atoms with Gasteiger partial charge in [-0.1, -0.05) is 18.2 Å². The first kappa shape index (κ1) is 12.6. The lowest BCUT2D eigenvalue weighted by atomic mass is 10.1. The first-order valence-electron chi connectivity index (χ1n) is 5.86. The Balaban J connectivity index is 2.20. The van der Waals surface area contributed by atoms with E-state index < -0.39 is 0 Å². The molecule has 0 fully saturated rings. The predicted molar refractivity (Wildman–Crippen MR) is 69.0 cm³/mol. The van der Waals surface area contributed by atoms with Gasteiger partial charge in [-0.3, -0.25) is 9.59 Å². The Morgan fingerprint density at radius 1 is 1.33 bits per heavy atom. The Morgan fingerprint density at radius 3 is 2.78 bits per heavy atom. The number of carbonyl (C=O) groups is 2. The second-order valence-corrected chi connectivity index (χ2v) is 4.69. The lowest BCUT2D eigenvalue weighted by Crippen LogP contribution is -2.40. The molecule has 1 aliphatic heterocycles. The number of hydrogen-bond donors (Lipinski definition) is 1. The summed E-state index contributed by atoms with van der Waals surface area (Å²) in [4.78, 5) is 27.1. The first-order valence-corrected chi connectivity index (χ1v) is 5.86. The SMILES string of the molecule is CN(C)CC(=O)N1CC(=O)Nc2ccccc2C1. The lowest BCUT2D eigenvalue weighted by Gasteiger charge is -2.21. The summed E-state index contributed by atoms with van der Waals surface area (Å²) in [6.45, 7) is 0.901. The second-order valence-electron chi connectivity index (χ2n) is 4.69. The van der Waals surface area contributed by atoms with Crippen molar-refractivity contribution >= 4 is 17.5 Å². The zero-order valence-electron chi connectivity index (χ0n) is 10.6. The van der Waals surface area contributed by atoms with E-state index in [1.165, 1.54) is 0 Å². The number of benzene rings is 1. The van der Waals surface area contributed by atoms with Crippen molar-refractivity contribution in [1.29, 1.82) is 0 Å². The monoisotopic (exact) mass is 247 g/mol. The molecule has 0 bridgehead atoms. The van der Waals surface area contributed by atoms with Crippen LogP contribution in [0.3, 0.4) is 0 Å². The van der Waals surface area contributed by atoms with Crippen LogP contribution in [0.5, 0.6) is 0 Å². The van der Waals surface area contributed by atoms with Crippen molar-refractivity contribution in [1.82, 2.24) is 9.80 Å². The molecule has 5 nitrogen and oxygen atoms in total. The molecule has 0 saturated heterocycles. The standard InChI is InChI=1S/C13H17N3O2/c1-15(2)9-13(18)16-7-10-5-3-4-6-11(10)14-12(17)8-16/h3-6H,7-9H2,1-2H3,(H,14,17). The molecule has 0 radical (unpaired) electrons. The number of rotatable bonds is 2. The summed E-state index contributed by atoms with van der Waals surface area (Å²) >= 11 is 0. The van der Waals surface area contributed by atoms with Crippen molar-refractivity contribution in [2.24, 2.45) is 0 Å². The van der Waals surface area contributed by atoms with Crippen molar-refractivity contribution < 1.29 is 9.59 Å². The number of nitrogens with one attached hydrogen (secondary N) is 1. The fraction of sp³-hybridized carbons (Fsp3) is 0.385. The minimum absolute atomic E-state index is 0.0353. The fourth-order valence-corrected chi connectivity index (χ4v) is 1.95. The molecule has 0 saturated carbocycles. The lowest BCUT2D eigenvalue weighted by molar-refractivity contribution is -0.135. The molecule has 1 aromatic carbocycles. The van der Waals surface area contributed by atoms with Crippen LogP contribution in [0.25, 0.3) is 0 Å². The molecule has 1 N–H and O–H groups in total. The van der Waals surface area contributed by atoms with Gasteiger partial charge in [0.15, 0.2) is 0 Å². The van der Waals surface area contributed by atoms with Gasteiger partial charge < -0.3 is 15.1 Å². The van der Waals surface area contributed by atoms with Crippen LogP contribution in [0.4, 0.5) is 5.69 Å². The Morgan fingerprint density at radius 2 is 2.06 bits per heavy atom. The normalized spacial score (nSPS) is 15.1. The van der Waals surface area contributed by atoms with E-state index in [0.717, 1.165) is 11.3 Å². The van der Waals surface area contributed by atoms with Crippen LogP contribution in [0, 0.1) is 0 Å². The fourth-order valence-electron chi connectivity index (χ4n) is 1.95. The third-order valence-corrected chi connectivity index (χ3v) is 2.79. The van der Waals surface area contributed by atoms with Crippen LogP contribution in [0.2, 0.25) is 0 Å². The third-order valence-electron chi connectivity index (χ3n) is 2.79. The van der Waals surface area contributed by atoms with Gasteiger partial charge in [0.05, 0.1) is 6.54 Å². The van der Waals surface area contributed by atoms with Gasteiger partial charge in [0, 0.05) is 12.2 Å². The number of anilines is 1. The maximum Gasteiger partial charge on any atom is 0.244 e. The van der Waals surface area contributed by atoms with Crippen LogP contribution in [0.15, 0.2) is 24.3 Å². The van der Waals surface area contributed by atoms with Gasteiger partial charge in [-0.25, -0.2) is 0 Å². The summed E-state index contributed by atoms with van der Waals surface area (Å²) in [5, 5.41) is 2.81. The number of para-hydroxylation sites is 1. The number of hydrogen-bond acceptors (Lipinski definition) is 3. The van der Waals surface area contributed by atoms with Crippen molar-refractivity contribution in [3.63, 3.8) is 0 Å². The van der Waals surface area contributed by atoms with Crippen LogP contribution in [0.1, 0.15) is 5.56 Å². The number of amides is 2. The van der Waals surface area contributed by atoms with Gasteiger partial charge in [-0.05, 0) is 25.7 Å². The summed E-state index contributed by atoms with van der Waals surface area (Å²) in [6, 6.07) is 7.56. The van der Waals surface area contributed by atoms with Crippen LogP contribution >= 0.6 is 0 Å². The summed E-state index contributed by atoms with van der Waals surface area (Å²) in [7, 11) is 3.67. The van der Waals surface area contributed by atoms with E-state index >= 15 is 0 Å². The van der Waals surface area contributed by atoms with Gasteiger partial charge in [0.25, 0.3) is 0 Å². The van der Waals surface area contributed by atoms with E-state index in [0.29, 0.717) is 13.1 Å². The van der Waals surface area contributed by atoms with E-state index in [-0.39, 0.29) is 18.4 Å². The van der Waals surface area contributed by atoms with Crippen molar-refractivity contribution in [2.75, 3.05) is 32.5 Å². The number of likely N-dealkylation sites (N-methyl/N-ethyl adjacent to an activating group) is 1. The quantitative estimate of drug-likeness (QED) is 0.829. The Bertz CT molecular complexity index is 471. The van der Waals surface area contributed by atoms with Gasteiger partial charge in [0.2, 0.25) is 11.8 Å². The molecule has 0 spiro atoms. The Hall–Kier alpha value is -1.88. The van der Waals surface area contributed by atoms with Crippen LogP contribution in [-0.2, 0) is 16.1 Å². The molecule has 0 aromatic heterocycles. The molecule has 2 rings (SSSR count). The molecule has 18 heavy (non-hydrogen) atoms. The van der Waals surface area contributed by atoms with E-state index in [9.17, 15) is 9.59 Å². The molecule has 96 valence electrons. The smallest absolute Gasteiger partial charge is 0.244 e. The Labute approximate surface area is 106 Å². The zero-order chi connectivity index (χ0) is 13.1. The van der Waals surface area contributed by atoms with Gasteiger partial charge in [-0.2, -0.15) is 0 Å². The molecule has 0 unspecified atom stereocenters. The highest BCUT2D eigenvalue weighted by molar-refractivity contribution is 5.96. The van der Waals surface area contributed by atoms with Crippen molar-refractivity contribution in [3.8, 4) is 0 Å². The van der Waals surface area contributed by atoms with Crippen molar-refractivity contribution in [2.45, 2.75) is 6.54 Å². The van der Waals surface area contributed by atoms with E-state index in [4.69, 9.17) is 0 Å². The number of nitrogens with zero attached hydrogens (tertiary/aromatic N) is 2. The first-order chi connectivity index (χ1) is 8.56. The molecule has 1 aromatic rings. The molecule has 0 aliphatic carbocycles. The minimum Gasteiger partial charge on any atom is -0.328 e. The van der Waals surface area contributed by atoms with Gasteiger partial charge in [0.1, 0.15) is 6.54 Å².